The molecule has 8 heavy (non-hydrogen) atoms. The predicted molar refractivity (Wildman–Crippen MR) is 42.1 cm³/mol. The lowest BCUT2D eigenvalue weighted by atomic mass is 10.3. The van der Waals surface area contributed by atoms with E-state index in [1.54, 1.807) is 0 Å². The average Bonchev–Trinajstić information content (AvgIpc) is 1.64. The van der Waals surface area contributed by atoms with Crippen molar-refractivity contribution in [3.05, 3.63) is 0 Å². The maximum Gasteiger partial charge on any atom is 0.0790 e. The number of nitrogens with zero attached hydrogens (tertiary/aromatic N) is 1. The Morgan fingerprint density at radius 3 is 1.25 bits per heavy atom. The molecule has 0 aromatic carbocycles. The van der Waals surface area contributed by atoms with Crippen LogP contribution in [0.1, 0.15) is 27.7 Å². The minimum atomic E-state index is 0.738. The van der Waals surface area contributed by atoms with E-state index in [1.807, 2.05) is 0 Å². The molecule has 0 saturated heterocycles. The Balaban J connectivity index is 3.46. The minimum Gasteiger partial charge on any atom is -0.328 e. The highest BCUT2D eigenvalue weighted by Gasteiger charge is 2.04. The maximum atomic E-state index is 2.47. The van der Waals surface area contributed by atoms with Crippen LogP contribution >= 0.6 is 0 Å². The third-order valence-electron chi connectivity index (χ3n) is 1.63. The molecule has 0 aliphatic rings. The molecule has 0 saturated carbocycles. The molecule has 0 aromatic rings. The van der Waals surface area contributed by atoms with Crippen LogP contribution in [0.15, 0.2) is 0 Å². The fourth-order valence-corrected chi connectivity index (χ4v) is 0.596. The Labute approximate surface area is 55.6 Å². The highest BCUT2D eigenvalue weighted by atomic mass is 28.2. The van der Waals surface area contributed by atoms with Crippen molar-refractivity contribution in [1.82, 2.24) is 4.57 Å². The van der Waals surface area contributed by atoms with E-state index in [1.165, 1.54) is 10.4 Å². The van der Waals surface area contributed by atoms with Gasteiger partial charge in [-0.1, -0.05) is 27.7 Å². The third kappa shape index (κ3) is 2.48. The number of rotatable bonds is 2. The predicted octanol–water partition coefficient (Wildman–Crippen LogP) is 0.386. The van der Waals surface area contributed by atoms with Crippen molar-refractivity contribution in [2.75, 3.05) is 0 Å². The summed E-state index contributed by atoms with van der Waals surface area (Å²) in [7, 11) is 1.19. The van der Waals surface area contributed by atoms with Crippen molar-refractivity contribution >= 4 is 10.4 Å². The first kappa shape index (κ1) is 8.18. The first-order chi connectivity index (χ1) is 3.55. The molecule has 0 atom stereocenters. The summed E-state index contributed by atoms with van der Waals surface area (Å²) >= 11 is 0. The summed E-state index contributed by atoms with van der Waals surface area (Å²) in [6.45, 7) is 8.97. The Morgan fingerprint density at radius 2 is 1.25 bits per heavy atom. The summed E-state index contributed by atoms with van der Waals surface area (Å²) in [6.07, 6.45) is 0. The molecule has 0 heterocycles. The van der Waals surface area contributed by atoms with Gasteiger partial charge in [0.25, 0.3) is 0 Å². The van der Waals surface area contributed by atoms with Gasteiger partial charge in [0, 0.05) is 0 Å². The van der Waals surface area contributed by atoms with E-state index in [4.69, 9.17) is 0 Å². The molecule has 0 bridgehead atoms. The molecule has 0 aliphatic carbocycles. The maximum absolute atomic E-state index is 2.47. The third-order valence-corrected chi connectivity index (χ3v) is 3.69. The minimum absolute atomic E-state index is 0.738. The van der Waals surface area contributed by atoms with Crippen LogP contribution in [0.3, 0.4) is 0 Å². The van der Waals surface area contributed by atoms with Crippen LogP contribution in [0.25, 0.3) is 0 Å². The van der Waals surface area contributed by atoms with Crippen LogP contribution in [-0.4, -0.2) is 27.1 Å². The van der Waals surface area contributed by atoms with Crippen LogP contribution in [0, 0.1) is 0 Å². The summed E-state index contributed by atoms with van der Waals surface area (Å²) in [5.41, 5.74) is 0. The molecule has 0 fully saturated rings. The van der Waals surface area contributed by atoms with Crippen LogP contribution in [0.4, 0.5) is 0 Å². The number of hydrogen-bond donors (Lipinski definition) is 0. The van der Waals surface area contributed by atoms with Crippen LogP contribution in [-0.2, 0) is 0 Å². The van der Waals surface area contributed by atoms with E-state index >= 15 is 0 Å². The Kier molecular flexibility index (Phi) is 3.32. The van der Waals surface area contributed by atoms with Crippen molar-refractivity contribution < 1.29 is 0 Å². The second kappa shape index (κ2) is 3.25. The van der Waals surface area contributed by atoms with E-state index in [2.05, 4.69) is 32.3 Å². The standard InChI is InChI=1S/C6H17NSi/c1-5(2)7(8)6(3)4/h5-6H,1-4,8H3. The second-order valence-corrected chi connectivity index (χ2v) is 3.89. The van der Waals surface area contributed by atoms with Gasteiger partial charge in [-0.25, -0.2) is 0 Å². The van der Waals surface area contributed by atoms with Crippen LogP contribution in [0.2, 0.25) is 0 Å². The summed E-state index contributed by atoms with van der Waals surface area (Å²) in [5.74, 6) is 0. The van der Waals surface area contributed by atoms with Crippen molar-refractivity contribution in [3.8, 4) is 0 Å². The van der Waals surface area contributed by atoms with Crippen molar-refractivity contribution in [2.24, 2.45) is 0 Å². The fourth-order valence-electron chi connectivity index (χ4n) is 0.596. The van der Waals surface area contributed by atoms with Crippen molar-refractivity contribution in [1.29, 1.82) is 0 Å². The molecule has 0 aromatic heterocycles. The van der Waals surface area contributed by atoms with E-state index in [0.29, 0.717) is 0 Å². The number of hydrogen-bond acceptors (Lipinski definition) is 1. The molecule has 0 spiro atoms. The summed E-state index contributed by atoms with van der Waals surface area (Å²) < 4.78 is 2.47. The van der Waals surface area contributed by atoms with Gasteiger partial charge in [0.1, 0.15) is 0 Å². The molecule has 0 rings (SSSR count). The molecule has 0 aliphatic heterocycles. The van der Waals surface area contributed by atoms with Crippen LogP contribution < -0.4 is 0 Å². The quantitative estimate of drug-likeness (QED) is 0.490. The van der Waals surface area contributed by atoms with Crippen LogP contribution in [0.5, 0.6) is 0 Å². The molecule has 0 amide bonds. The molecule has 2 heteroatoms. The lowest BCUT2D eigenvalue weighted by Gasteiger charge is -2.25. The second-order valence-electron chi connectivity index (χ2n) is 2.85. The van der Waals surface area contributed by atoms with Gasteiger partial charge in [0.05, 0.1) is 10.4 Å². The smallest absolute Gasteiger partial charge is 0.0790 e. The van der Waals surface area contributed by atoms with Gasteiger partial charge >= 0.3 is 0 Å². The zero-order valence-electron chi connectivity index (χ0n) is 6.60. The molecular formula is C6H17NSi. The summed E-state index contributed by atoms with van der Waals surface area (Å²) in [6, 6.07) is 1.48. The fraction of sp³-hybridized carbons (Fsp3) is 1.00. The monoisotopic (exact) mass is 131 g/mol. The Bertz CT molecular complexity index is 53.5. The zero-order chi connectivity index (χ0) is 6.73. The van der Waals surface area contributed by atoms with Gasteiger partial charge < -0.3 is 4.57 Å². The summed E-state index contributed by atoms with van der Waals surface area (Å²) in [5, 5.41) is 0. The molecule has 50 valence electrons. The van der Waals surface area contributed by atoms with Crippen molar-refractivity contribution in [2.45, 2.75) is 39.8 Å². The SMILES string of the molecule is CC(C)N([SiH3])C(C)C. The summed E-state index contributed by atoms with van der Waals surface area (Å²) in [4.78, 5) is 0. The highest BCUT2D eigenvalue weighted by molar-refractivity contribution is 6.04. The molecule has 1 nitrogen and oxygen atoms in total. The molecular weight excluding hydrogens is 114 g/mol. The van der Waals surface area contributed by atoms with Crippen molar-refractivity contribution in [3.63, 3.8) is 0 Å². The van der Waals surface area contributed by atoms with Gasteiger partial charge in [-0.15, -0.1) is 0 Å². The average molecular weight is 131 g/mol. The van der Waals surface area contributed by atoms with Gasteiger partial charge in [-0.3, -0.25) is 0 Å². The first-order valence-electron chi connectivity index (χ1n) is 3.27. The molecule has 0 N–H and O–H groups in total. The largest absolute Gasteiger partial charge is 0.328 e. The highest BCUT2D eigenvalue weighted by Crippen LogP contribution is 1.97. The van der Waals surface area contributed by atoms with E-state index in [0.717, 1.165) is 12.1 Å². The van der Waals surface area contributed by atoms with E-state index < -0.39 is 0 Å². The van der Waals surface area contributed by atoms with Gasteiger partial charge in [0.2, 0.25) is 0 Å². The zero-order valence-corrected chi connectivity index (χ0v) is 8.60. The normalized spacial score (nSPS) is 12.4. The molecule has 0 unspecified atom stereocenters. The van der Waals surface area contributed by atoms with Gasteiger partial charge in [-0.2, -0.15) is 0 Å². The lowest BCUT2D eigenvalue weighted by Crippen LogP contribution is -2.34. The lowest BCUT2D eigenvalue weighted by molar-refractivity contribution is 0.320. The molecule has 0 radical (unpaired) electrons. The van der Waals surface area contributed by atoms with Gasteiger partial charge in [-0.05, 0) is 12.1 Å². The topological polar surface area (TPSA) is 3.24 Å². The van der Waals surface area contributed by atoms with E-state index in [9.17, 15) is 0 Å². The van der Waals surface area contributed by atoms with Gasteiger partial charge in [0.15, 0.2) is 0 Å². The first-order valence-corrected chi connectivity index (χ1v) is 4.17. The van der Waals surface area contributed by atoms with E-state index in [-0.39, 0.29) is 0 Å². The Morgan fingerprint density at radius 1 is 1.00 bits per heavy atom. The Hall–Kier alpha value is 0.177.